The van der Waals surface area contributed by atoms with Crippen LogP contribution in [0.2, 0.25) is 0 Å². The van der Waals surface area contributed by atoms with Crippen LogP contribution in [0, 0.1) is 17.0 Å². The fourth-order valence-corrected chi connectivity index (χ4v) is 2.73. The topological polar surface area (TPSA) is 86.5 Å². The molecule has 1 aromatic carbocycles. The Labute approximate surface area is 96.4 Å². The molecule has 16 heavy (non-hydrogen) atoms. The largest absolute Gasteiger partial charge is 0.489 e. The fraction of sp³-hybridized carbons (Fsp3) is 0.250. The Morgan fingerprint density at radius 2 is 2.00 bits per heavy atom. The number of aryl methyl sites for hydroxylation is 1. The number of rotatable bonds is 3. The maximum atomic E-state index is 11.3. The van der Waals surface area contributed by atoms with Gasteiger partial charge in [-0.2, -0.15) is 0 Å². The van der Waals surface area contributed by atoms with Crippen molar-refractivity contribution in [2.45, 2.75) is 11.8 Å². The number of nitrogens with zero attached hydrogens (tertiary/aromatic N) is 1. The molecule has 0 fully saturated rings. The number of halogens is 1. The second kappa shape index (κ2) is 4.26. The van der Waals surface area contributed by atoms with Crippen molar-refractivity contribution < 1.29 is 18.1 Å². The predicted octanol–water partition coefficient (Wildman–Crippen LogP) is 1.84. The number of ether oxygens (including phenoxy) is 1. The molecule has 0 spiro atoms. The van der Waals surface area contributed by atoms with Gasteiger partial charge in [0.2, 0.25) is 5.75 Å². The molecule has 0 saturated carbocycles. The first-order valence-electron chi connectivity index (χ1n) is 4.05. The highest BCUT2D eigenvalue weighted by Gasteiger charge is 2.27. The summed E-state index contributed by atoms with van der Waals surface area (Å²) < 4.78 is 27.3. The van der Waals surface area contributed by atoms with Gasteiger partial charge in [-0.25, -0.2) is 8.42 Å². The summed E-state index contributed by atoms with van der Waals surface area (Å²) in [4.78, 5) is 9.56. The monoisotopic (exact) mass is 265 g/mol. The first kappa shape index (κ1) is 12.7. The van der Waals surface area contributed by atoms with Crippen LogP contribution in [0.15, 0.2) is 17.0 Å². The molecule has 0 radical (unpaired) electrons. The zero-order valence-corrected chi connectivity index (χ0v) is 10.0. The minimum atomic E-state index is -4.09. The van der Waals surface area contributed by atoms with Gasteiger partial charge in [0.25, 0.3) is 9.05 Å². The second-order valence-corrected chi connectivity index (χ2v) is 5.46. The van der Waals surface area contributed by atoms with E-state index in [1.54, 1.807) is 0 Å². The van der Waals surface area contributed by atoms with E-state index in [4.69, 9.17) is 15.4 Å². The Bertz CT molecular complexity index is 540. The summed E-state index contributed by atoms with van der Waals surface area (Å²) in [5, 5.41) is 10.7. The minimum Gasteiger partial charge on any atom is -0.489 e. The zero-order valence-electron chi connectivity index (χ0n) is 8.43. The molecule has 0 atom stereocenters. The van der Waals surface area contributed by atoms with Gasteiger partial charge in [0.1, 0.15) is 4.90 Å². The van der Waals surface area contributed by atoms with Crippen molar-refractivity contribution in [1.29, 1.82) is 0 Å². The third-order valence-corrected chi connectivity index (χ3v) is 3.39. The Kier molecular flexibility index (Phi) is 3.39. The van der Waals surface area contributed by atoms with Crippen LogP contribution in [0.4, 0.5) is 5.69 Å². The van der Waals surface area contributed by atoms with E-state index in [9.17, 15) is 18.5 Å². The molecule has 0 N–H and O–H groups in total. The van der Waals surface area contributed by atoms with Gasteiger partial charge < -0.3 is 4.74 Å². The van der Waals surface area contributed by atoms with Crippen LogP contribution in [-0.2, 0) is 9.05 Å². The minimum absolute atomic E-state index is 0.289. The van der Waals surface area contributed by atoms with Crippen molar-refractivity contribution in [3.63, 3.8) is 0 Å². The smallest absolute Gasteiger partial charge is 0.312 e. The molecule has 0 bridgehead atoms. The van der Waals surface area contributed by atoms with Gasteiger partial charge in [-0.3, -0.25) is 10.1 Å². The van der Waals surface area contributed by atoms with E-state index in [1.165, 1.54) is 19.1 Å². The lowest BCUT2D eigenvalue weighted by Gasteiger charge is -2.08. The molecule has 0 amide bonds. The van der Waals surface area contributed by atoms with Crippen LogP contribution in [0.5, 0.6) is 5.75 Å². The lowest BCUT2D eigenvalue weighted by molar-refractivity contribution is -0.386. The highest BCUT2D eigenvalue weighted by molar-refractivity contribution is 8.13. The van der Waals surface area contributed by atoms with Gasteiger partial charge >= 0.3 is 5.69 Å². The molecular formula is C8H8ClNO5S. The normalized spacial score (nSPS) is 11.2. The molecular weight excluding hydrogens is 258 g/mol. The van der Waals surface area contributed by atoms with Gasteiger partial charge in [-0.1, -0.05) is 6.07 Å². The predicted molar refractivity (Wildman–Crippen MR) is 57.4 cm³/mol. The quantitative estimate of drug-likeness (QED) is 0.473. The number of methoxy groups -OCH3 is 1. The maximum absolute atomic E-state index is 11.3. The summed E-state index contributed by atoms with van der Waals surface area (Å²) in [5.74, 6) is -0.347. The highest BCUT2D eigenvalue weighted by Crippen LogP contribution is 2.37. The lowest BCUT2D eigenvalue weighted by Crippen LogP contribution is -2.02. The molecule has 0 aliphatic heterocycles. The van der Waals surface area contributed by atoms with Gasteiger partial charge in [0.05, 0.1) is 12.0 Å². The highest BCUT2D eigenvalue weighted by atomic mass is 35.7. The van der Waals surface area contributed by atoms with Crippen molar-refractivity contribution in [2.24, 2.45) is 0 Å². The third kappa shape index (κ3) is 2.25. The molecule has 1 aromatic rings. The maximum Gasteiger partial charge on any atom is 0.312 e. The van der Waals surface area contributed by atoms with E-state index >= 15 is 0 Å². The molecule has 0 aliphatic rings. The number of nitro benzene ring substituents is 1. The van der Waals surface area contributed by atoms with Crippen molar-refractivity contribution in [2.75, 3.05) is 7.11 Å². The molecule has 88 valence electrons. The Balaban J connectivity index is 3.71. The Morgan fingerprint density at radius 1 is 1.44 bits per heavy atom. The van der Waals surface area contributed by atoms with Crippen LogP contribution in [0.25, 0.3) is 0 Å². The Hall–Kier alpha value is -1.34. The first-order valence-corrected chi connectivity index (χ1v) is 6.36. The SMILES string of the molecule is COc1c([N+](=O)[O-])ccc(C)c1S(=O)(=O)Cl. The molecule has 0 heterocycles. The van der Waals surface area contributed by atoms with Crippen molar-refractivity contribution in [3.8, 4) is 5.75 Å². The van der Waals surface area contributed by atoms with Crippen LogP contribution in [0.1, 0.15) is 5.56 Å². The average Bonchev–Trinajstić information content (AvgIpc) is 2.14. The number of benzene rings is 1. The lowest BCUT2D eigenvalue weighted by atomic mass is 10.2. The fourth-order valence-electron chi connectivity index (χ4n) is 1.29. The van der Waals surface area contributed by atoms with Crippen molar-refractivity contribution >= 4 is 25.4 Å². The average molecular weight is 266 g/mol. The van der Waals surface area contributed by atoms with Crippen LogP contribution in [-0.4, -0.2) is 20.5 Å². The summed E-state index contributed by atoms with van der Waals surface area (Å²) in [6, 6.07) is 2.47. The van der Waals surface area contributed by atoms with Crippen molar-refractivity contribution in [1.82, 2.24) is 0 Å². The van der Waals surface area contributed by atoms with Gasteiger partial charge in [-0.15, -0.1) is 0 Å². The molecule has 8 heteroatoms. The van der Waals surface area contributed by atoms with Gasteiger partial charge in [0.15, 0.2) is 0 Å². The molecule has 0 aliphatic carbocycles. The summed E-state index contributed by atoms with van der Waals surface area (Å²) in [5.41, 5.74) is -0.148. The third-order valence-electron chi connectivity index (χ3n) is 1.93. The summed E-state index contributed by atoms with van der Waals surface area (Å²) in [7, 11) is 2.25. The summed E-state index contributed by atoms with van der Waals surface area (Å²) in [6.45, 7) is 1.47. The van der Waals surface area contributed by atoms with E-state index in [-0.39, 0.29) is 16.2 Å². The number of nitro groups is 1. The number of hydrogen-bond donors (Lipinski definition) is 0. The van der Waals surface area contributed by atoms with E-state index < -0.39 is 19.7 Å². The number of hydrogen-bond acceptors (Lipinski definition) is 5. The van der Waals surface area contributed by atoms with Gasteiger partial charge in [0, 0.05) is 16.7 Å². The summed E-state index contributed by atoms with van der Waals surface area (Å²) in [6.07, 6.45) is 0. The van der Waals surface area contributed by atoms with Gasteiger partial charge in [-0.05, 0) is 12.5 Å². The van der Waals surface area contributed by atoms with Crippen LogP contribution in [0.3, 0.4) is 0 Å². The van der Waals surface area contributed by atoms with E-state index in [0.29, 0.717) is 0 Å². The molecule has 0 saturated heterocycles. The second-order valence-electron chi connectivity index (χ2n) is 2.96. The van der Waals surface area contributed by atoms with E-state index in [0.717, 1.165) is 7.11 Å². The van der Waals surface area contributed by atoms with Crippen LogP contribution < -0.4 is 4.74 Å². The molecule has 0 aromatic heterocycles. The summed E-state index contributed by atoms with van der Waals surface area (Å²) >= 11 is 0. The standard InChI is InChI=1S/C8H8ClNO5S/c1-5-3-4-6(10(11)12)7(15-2)8(5)16(9,13)14/h3-4H,1-2H3. The van der Waals surface area contributed by atoms with Crippen molar-refractivity contribution in [3.05, 3.63) is 27.8 Å². The van der Waals surface area contributed by atoms with Crippen LogP contribution >= 0.6 is 10.7 Å². The molecule has 6 nitrogen and oxygen atoms in total. The molecule has 0 unspecified atom stereocenters. The first-order chi connectivity index (χ1) is 7.29. The van der Waals surface area contributed by atoms with E-state index in [1.807, 2.05) is 0 Å². The zero-order chi connectivity index (χ0) is 12.5. The Morgan fingerprint density at radius 3 is 2.38 bits per heavy atom. The molecule has 1 rings (SSSR count). The van der Waals surface area contributed by atoms with E-state index in [2.05, 4.69) is 0 Å².